The van der Waals surface area contributed by atoms with Crippen molar-refractivity contribution in [1.29, 1.82) is 0 Å². The van der Waals surface area contributed by atoms with Gasteiger partial charge in [0.25, 0.3) is 5.91 Å². The third-order valence-corrected chi connectivity index (χ3v) is 4.99. The molecule has 140 valence electrons. The standard InChI is InChI=1S/C20H20N2O4S/c1-27-17-6-3-2-5-16(17)20(25)26-13-18(23)21-14-8-10-15(11-9-14)22-12-4-7-19(22)24/h2-3,5-6,8-11H,4,7,12-13H2,1H3,(H,21,23). The van der Waals surface area contributed by atoms with Crippen LogP contribution in [0.3, 0.4) is 0 Å². The fourth-order valence-electron chi connectivity index (χ4n) is 2.87. The maximum atomic E-state index is 12.2. The third-order valence-electron chi connectivity index (χ3n) is 4.20. The topological polar surface area (TPSA) is 75.7 Å². The molecule has 1 saturated heterocycles. The van der Waals surface area contributed by atoms with E-state index in [1.54, 1.807) is 41.3 Å². The summed E-state index contributed by atoms with van der Waals surface area (Å²) in [6.45, 7) is 0.353. The first-order valence-electron chi connectivity index (χ1n) is 8.59. The molecule has 1 N–H and O–H groups in total. The number of carbonyl (C=O) groups excluding carboxylic acids is 3. The van der Waals surface area contributed by atoms with E-state index in [0.29, 0.717) is 17.7 Å². The summed E-state index contributed by atoms with van der Waals surface area (Å²) in [6, 6.07) is 14.1. The first kappa shape index (κ1) is 19.0. The average molecular weight is 384 g/mol. The highest BCUT2D eigenvalue weighted by atomic mass is 32.2. The zero-order chi connectivity index (χ0) is 19.2. The van der Waals surface area contributed by atoms with E-state index in [1.807, 2.05) is 18.4 Å². The Kier molecular flexibility index (Phi) is 6.13. The number of nitrogens with one attached hydrogen (secondary N) is 1. The van der Waals surface area contributed by atoms with Gasteiger partial charge in [-0.25, -0.2) is 4.79 Å². The van der Waals surface area contributed by atoms with Gasteiger partial charge in [0.2, 0.25) is 5.91 Å². The van der Waals surface area contributed by atoms with Crippen LogP contribution in [0.4, 0.5) is 11.4 Å². The van der Waals surface area contributed by atoms with Gasteiger partial charge in [-0.05, 0) is 49.1 Å². The molecular formula is C20H20N2O4S. The highest BCUT2D eigenvalue weighted by molar-refractivity contribution is 7.98. The lowest BCUT2D eigenvalue weighted by Gasteiger charge is -2.16. The molecule has 1 fully saturated rings. The van der Waals surface area contributed by atoms with Gasteiger partial charge < -0.3 is 15.0 Å². The Hall–Kier alpha value is -2.80. The Balaban J connectivity index is 1.53. The number of ether oxygens (including phenoxy) is 1. The number of hydrogen-bond acceptors (Lipinski definition) is 5. The van der Waals surface area contributed by atoms with Crippen LogP contribution in [-0.4, -0.2) is 37.2 Å². The molecule has 1 aliphatic heterocycles. The van der Waals surface area contributed by atoms with Crippen LogP contribution in [0.25, 0.3) is 0 Å². The number of esters is 1. The van der Waals surface area contributed by atoms with Crippen molar-refractivity contribution in [2.75, 3.05) is 29.6 Å². The Morgan fingerprint density at radius 3 is 2.56 bits per heavy atom. The van der Waals surface area contributed by atoms with Crippen molar-refractivity contribution < 1.29 is 19.1 Å². The second-order valence-corrected chi connectivity index (χ2v) is 6.87. The molecule has 1 heterocycles. The highest BCUT2D eigenvalue weighted by Crippen LogP contribution is 2.23. The molecule has 0 radical (unpaired) electrons. The summed E-state index contributed by atoms with van der Waals surface area (Å²) < 4.78 is 5.11. The molecule has 3 rings (SSSR count). The van der Waals surface area contributed by atoms with Crippen molar-refractivity contribution in [1.82, 2.24) is 0 Å². The Bertz CT molecular complexity index is 851. The summed E-state index contributed by atoms with van der Waals surface area (Å²) in [5.41, 5.74) is 1.84. The van der Waals surface area contributed by atoms with Crippen LogP contribution in [0.15, 0.2) is 53.4 Å². The first-order chi connectivity index (χ1) is 13.1. The molecule has 2 aromatic rings. The van der Waals surface area contributed by atoms with Crippen LogP contribution in [0, 0.1) is 0 Å². The number of rotatable bonds is 6. The van der Waals surface area contributed by atoms with Crippen LogP contribution in [0.1, 0.15) is 23.2 Å². The fraction of sp³-hybridized carbons (Fsp3) is 0.250. The predicted octanol–water partition coefficient (Wildman–Crippen LogP) is 3.33. The predicted molar refractivity (Wildman–Crippen MR) is 105 cm³/mol. The Labute approximate surface area is 161 Å². The van der Waals surface area contributed by atoms with Crippen molar-refractivity contribution in [2.24, 2.45) is 0 Å². The van der Waals surface area contributed by atoms with Gasteiger partial charge >= 0.3 is 5.97 Å². The van der Waals surface area contributed by atoms with Gasteiger partial charge in [0.15, 0.2) is 6.61 Å². The van der Waals surface area contributed by atoms with Gasteiger partial charge in [-0.2, -0.15) is 0 Å². The van der Waals surface area contributed by atoms with Gasteiger partial charge in [0, 0.05) is 29.2 Å². The summed E-state index contributed by atoms with van der Waals surface area (Å²) in [5.74, 6) is -0.836. The van der Waals surface area contributed by atoms with Gasteiger partial charge in [-0.3, -0.25) is 9.59 Å². The molecule has 0 spiro atoms. The molecule has 27 heavy (non-hydrogen) atoms. The molecule has 0 bridgehead atoms. The van der Waals surface area contributed by atoms with Crippen molar-refractivity contribution in [3.63, 3.8) is 0 Å². The molecule has 0 aliphatic carbocycles. The number of benzene rings is 2. The molecule has 1 aliphatic rings. The summed E-state index contributed by atoms with van der Waals surface area (Å²) >= 11 is 1.44. The third kappa shape index (κ3) is 4.68. The lowest BCUT2D eigenvalue weighted by atomic mass is 10.2. The minimum atomic E-state index is -0.530. The van der Waals surface area contributed by atoms with Crippen molar-refractivity contribution in [3.05, 3.63) is 54.1 Å². The van der Waals surface area contributed by atoms with E-state index in [-0.39, 0.29) is 12.5 Å². The number of anilines is 2. The van der Waals surface area contributed by atoms with E-state index in [2.05, 4.69) is 5.32 Å². The molecule has 2 aromatic carbocycles. The Morgan fingerprint density at radius 1 is 1.15 bits per heavy atom. The van der Waals surface area contributed by atoms with E-state index in [1.165, 1.54) is 11.8 Å². The normalized spacial score (nSPS) is 13.5. The van der Waals surface area contributed by atoms with Crippen molar-refractivity contribution in [3.8, 4) is 0 Å². The van der Waals surface area contributed by atoms with Gasteiger partial charge in [0.05, 0.1) is 5.56 Å². The molecule has 2 amide bonds. The van der Waals surface area contributed by atoms with Crippen LogP contribution in [0.5, 0.6) is 0 Å². The summed E-state index contributed by atoms with van der Waals surface area (Å²) in [5, 5.41) is 2.68. The van der Waals surface area contributed by atoms with E-state index >= 15 is 0 Å². The summed E-state index contributed by atoms with van der Waals surface area (Å²) in [4.78, 5) is 38.5. The fourth-order valence-corrected chi connectivity index (χ4v) is 3.45. The first-order valence-corrected chi connectivity index (χ1v) is 9.81. The minimum absolute atomic E-state index is 0.115. The number of hydrogen-bond donors (Lipinski definition) is 1. The molecule has 6 nitrogen and oxygen atoms in total. The molecular weight excluding hydrogens is 364 g/mol. The average Bonchev–Trinajstić information content (AvgIpc) is 3.12. The molecule has 0 saturated carbocycles. The van der Waals surface area contributed by atoms with Gasteiger partial charge in [0.1, 0.15) is 0 Å². The minimum Gasteiger partial charge on any atom is -0.452 e. The lowest BCUT2D eigenvalue weighted by Crippen LogP contribution is -2.24. The molecule has 0 unspecified atom stereocenters. The quantitative estimate of drug-likeness (QED) is 0.611. The second-order valence-electron chi connectivity index (χ2n) is 6.02. The largest absolute Gasteiger partial charge is 0.452 e. The maximum absolute atomic E-state index is 12.2. The second kappa shape index (κ2) is 8.73. The number of nitrogens with zero attached hydrogens (tertiary/aromatic N) is 1. The maximum Gasteiger partial charge on any atom is 0.339 e. The molecule has 7 heteroatoms. The zero-order valence-electron chi connectivity index (χ0n) is 14.9. The van der Waals surface area contributed by atoms with E-state index in [0.717, 1.165) is 23.5 Å². The van der Waals surface area contributed by atoms with Crippen LogP contribution in [0.2, 0.25) is 0 Å². The van der Waals surface area contributed by atoms with Crippen molar-refractivity contribution >= 4 is 40.9 Å². The van der Waals surface area contributed by atoms with E-state index in [4.69, 9.17) is 4.74 Å². The zero-order valence-corrected chi connectivity index (χ0v) is 15.8. The van der Waals surface area contributed by atoms with Gasteiger partial charge in [-0.1, -0.05) is 12.1 Å². The monoisotopic (exact) mass is 384 g/mol. The molecule has 0 aromatic heterocycles. The highest BCUT2D eigenvalue weighted by Gasteiger charge is 2.21. The Morgan fingerprint density at radius 2 is 1.89 bits per heavy atom. The SMILES string of the molecule is CSc1ccccc1C(=O)OCC(=O)Nc1ccc(N2CCCC2=O)cc1. The lowest BCUT2D eigenvalue weighted by molar-refractivity contribution is -0.119. The van der Waals surface area contributed by atoms with Crippen molar-refractivity contribution in [2.45, 2.75) is 17.7 Å². The van der Waals surface area contributed by atoms with E-state index < -0.39 is 11.9 Å². The van der Waals surface area contributed by atoms with Gasteiger partial charge in [-0.15, -0.1) is 11.8 Å². The van der Waals surface area contributed by atoms with Crippen LogP contribution < -0.4 is 10.2 Å². The molecule has 0 atom stereocenters. The summed E-state index contributed by atoms with van der Waals surface area (Å²) in [6.07, 6.45) is 3.31. The van der Waals surface area contributed by atoms with Crippen LogP contribution in [-0.2, 0) is 14.3 Å². The number of carbonyl (C=O) groups is 3. The smallest absolute Gasteiger partial charge is 0.339 e. The summed E-state index contributed by atoms with van der Waals surface area (Å²) in [7, 11) is 0. The number of amides is 2. The van der Waals surface area contributed by atoms with E-state index in [9.17, 15) is 14.4 Å². The van der Waals surface area contributed by atoms with Crippen LogP contribution >= 0.6 is 11.8 Å². The number of thioether (sulfide) groups is 1.